The Labute approximate surface area is 125 Å². The van der Waals surface area contributed by atoms with Gasteiger partial charge in [0, 0.05) is 24.0 Å². The molecule has 1 amide bonds. The first-order valence-corrected chi connectivity index (χ1v) is 6.22. The highest BCUT2D eigenvalue weighted by Crippen LogP contribution is 2.52. The average molecular weight is 304 g/mol. The number of carbonyl (C=O) groups is 1. The highest BCUT2D eigenvalue weighted by atomic mass is 35.5. The van der Waals surface area contributed by atoms with Crippen LogP contribution in [0.2, 0.25) is 0 Å². The Balaban J connectivity index is 0.000000902. The van der Waals surface area contributed by atoms with Crippen molar-refractivity contribution in [2.75, 3.05) is 13.1 Å². The van der Waals surface area contributed by atoms with E-state index in [1.54, 1.807) is 24.5 Å². The van der Waals surface area contributed by atoms with Gasteiger partial charge >= 0.3 is 0 Å². The normalized spacial score (nSPS) is 22.8. The molecule has 1 atom stereocenters. The summed E-state index contributed by atoms with van der Waals surface area (Å²) in [6.07, 6.45) is 6.83. The van der Waals surface area contributed by atoms with Gasteiger partial charge in [0.05, 0.1) is 0 Å². The lowest BCUT2D eigenvalue weighted by molar-refractivity contribution is 0.0942. The molecule has 19 heavy (non-hydrogen) atoms. The summed E-state index contributed by atoms with van der Waals surface area (Å²) < 4.78 is 0. The molecule has 0 radical (unpaired) electrons. The number of nitrogens with one attached hydrogen (secondary N) is 2. The van der Waals surface area contributed by atoms with E-state index in [1.165, 1.54) is 12.8 Å². The number of rotatable bonds is 2. The molecule has 1 spiro atoms. The standard InChI is InChI=1S/C13H17N3O.2ClH/c17-12(10-1-5-14-6-2-10)16-11-9-13(11)3-7-15-8-4-13;;/h1-2,5-6,11,15H,3-4,7-9H2,(H,16,17);2*1H. The van der Waals surface area contributed by atoms with E-state index in [0.29, 0.717) is 17.0 Å². The fourth-order valence-electron chi connectivity index (χ4n) is 2.77. The molecule has 3 rings (SSSR count). The van der Waals surface area contributed by atoms with Crippen LogP contribution >= 0.6 is 24.8 Å². The maximum atomic E-state index is 12.0. The number of piperidine rings is 1. The van der Waals surface area contributed by atoms with E-state index >= 15 is 0 Å². The van der Waals surface area contributed by atoms with Gasteiger partial charge in [0.15, 0.2) is 0 Å². The minimum absolute atomic E-state index is 0. The summed E-state index contributed by atoms with van der Waals surface area (Å²) in [6.45, 7) is 2.17. The van der Waals surface area contributed by atoms with Crippen LogP contribution in [0.3, 0.4) is 0 Å². The zero-order valence-electron chi connectivity index (χ0n) is 10.6. The number of hydrogen-bond acceptors (Lipinski definition) is 3. The Hall–Kier alpha value is -0.840. The summed E-state index contributed by atoms with van der Waals surface area (Å²) in [7, 11) is 0. The molecule has 1 unspecified atom stereocenters. The van der Waals surface area contributed by atoms with Crippen LogP contribution in [0.1, 0.15) is 29.6 Å². The highest BCUT2D eigenvalue weighted by molar-refractivity contribution is 5.94. The van der Waals surface area contributed by atoms with Crippen LogP contribution in [0, 0.1) is 5.41 Å². The second-order valence-electron chi connectivity index (χ2n) is 5.08. The minimum atomic E-state index is 0. The van der Waals surface area contributed by atoms with Crippen molar-refractivity contribution in [1.82, 2.24) is 15.6 Å². The largest absolute Gasteiger partial charge is 0.349 e. The third-order valence-electron chi connectivity index (χ3n) is 4.04. The monoisotopic (exact) mass is 303 g/mol. The van der Waals surface area contributed by atoms with Crippen LogP contribution < -0.4 is 10.6 Å². The fraction of sp³-hybridized carbons (Fsp3) is 0.538. The van der Waals surface area contributed by atoms with E-state index < -0.39 is 0 Å². The first-order valence-electron chi connectivity index (χ1n) is 6.22. The molecule has 0 bridgehead atoms. The topological polar surface area (TPSA) is 54.0 Å². The van der Waals surface area contributed by atoms with Gasteiger partial charge in [-0.25, -0.2) is 0 Å². The number of carbonyl (C=O) groups excluding carboxylic acids is 1. The lowest BCUT2D eigenvalue weighted by atomic mass is 9.94. The molecule has 1 aromatic heterocycles. The first-order chi connectivity index (χ1) is 8.30. The number of amides is 1. The summed E-state index contributed by atoms with van der Waals surface area (Å²) in [5, 5.41) is 6.50. The molecule has 1 aliphatic heterocycles. The summed E-state index contributed by atoms with van der Waals surface area (Å²) in [5.41, 5.74) is 1.10. The van der Waals surface area contributed by atoms with Gasteiger partial charge in [-0.1, -0.05) is 0 Å². The molecule has 1 saturated carbocycles. The quantitative estimate of drug-likeness (QED) is 0.876. The Morgan fingerprint density at radius 3 is 2.53 bits per heavy atom. The molecular weight excluding hydrogens is 285 g/mol. The smallest absolute Gasteiger partial charge is 0.251 e. The molecule has 2 aliphatic rings. The van der Waals surface area contributed by atoms with E-state index in [0.717, 1.165) is 19.5 Å². The third-order valence-corrected chi connectivity index (χ3v) is 4.04. The third kappa shape index (κ3) is 3.38. The lowest BCUT2D eigenvalue weighted by Gasteiger charge is -2.23. The van der Waals surface area contributed by atoms with E-state index in [1.807, 2.05) is 0 Å². The van der Waals surface area contributed by atoms with Crippen molar-refractivity contribution < 1.29 is 4.79 Å². The van der Waals surface area contributed by atoms with Crippen molar-refractivity contribution in [3.05, 3.63) is 30.1 Å². The second kappa shape index (κ2) is 6.55. The van der Waals surface area contributed by atoms with Crippen LogP contribution in [-0.2, 0) is 0 Å². The van der Waals surface area contributed by atoms with Gasteiger partial charge < -0.3 is 10.6 Å². The van der Waals surface area contributed by atoms with Crippen LogP contribution in [0.15, 0.2) is 24.5 Å². The SMILES string of the molecule is Cl.Cl.O=C(NC1CC12CCNCC2)c1ccncc1. The van der Waals surface area contributed by atoms with E-state index in [-0.39, 0.29) is 30.7 Å². The van der Waals surface area contributed by atoms with E-state index in [9.17, 15) is 4.79 Å². The molecule has 2 heterocycles. The molecule has 1 saturated heterocycles. The molecule has 1 aliphatic carbocycles. The van der Waals surface area contributed by atoms with Gasteiger partial charge in [-0.3, -0.25) is 9.78 Å². The first kappa shape index (κ1) is 16.2. The molecule has 4 nitrogen and oxygen atoms in total. The van der Waals surface area contributed by atoms with Gasteiger partial charge in [-0.2, -0.15) is 0 Å². The summed E-state index contributed by atoms with van der Waals surface area (Å²) in [5.74, 6) is 0.0350. The summed E-state index contributed by atoms with van der Waals surface area (Å²) >= 11 is 0. The zero-order valence-corrected chi connectivity index (χ0v) is 12.2. The van der Waals surface area contributed by atoms with Crippen LogP contribution in [0.5, 0.6) is 0 Å². The van der Waals surface area contributed by atoms with Crippen molar-refractivity contribution in [2.24, 2.45) is 5.41 Å². The van der Waals surface area contributed by atoms with Crippen molar-refractivity contribution in [3.63, 3.8) is 0 Å². The highest BCUT2D eigenvalue weighted by Gasteiger charge is 2.54. The maximum absolute atomic E-state index is 12.0. The average Bonchev–Trinajstić information content (AvgIpc) is 3.03. The van der Waals surface area contributed by atoms with Crippen molar-refractivity contribution in [2.45, 2.75) is 25.3 Å². The molecule has 1 aromatic rings. The molecule has 6 heteroatoms. The Morgan fingerprint density at radius 2 is 1.89 bits per heavy atom. The van der Waals surface area contributed by atoms with Crippen LogP contribution in [0.25, 0.3) is 0 Å². The molecule has 0 aromatic carbocycles. The number of hydrogen-bond donors (Lipinski definition) is 2. The van der Waals surface area contributed by atoms with E-state index in [2.05, 4.69) is 15.6 Å². The summed E-state index contributed by atoms with van der Waals surface area (Å²) in [4.78, 5) is 15.9. The van der Waals surface area contributed by atoms with Gasteiger partial charge in [0.25, 0.3) is 5.91 Å². The Morgan fingerprint density at radius 1 is 1.26 bits per heavy atom. The fourth-order valence-corrected chi connectivity index (χ4v) is 2.77. The van der Waals surface area contributed by atoms with Gasteiger partial charge in [0.1, 0.15) is 0 Å². The minimum Gasteiger partial charge on any atom is -0.349 e. The second-order valence-corrected chi connectivity index (χ2v) is 5.08. The number of pyridine rings is 1. The predicted molar refractivity (Wildman–Crippen MR) is 79.1 cm³/mol. The van der Waals surface area contributed by atoms with Crippen molar-refractivity contribution >= 4 is 30.7 Å². The lowest BCUT2D eigenvalue weighted by Crippen LogP contribution is -2.35. The van der Waals surface area contributed by atoms with Crippen LogP contribution in [-0.4, -0.2) is 30.0 Å². The van der Waals surface area contributed by atoms with Gasteiger partial charge in [0.2, 0.25) is 0 Å². The number of aromatic nitrogens is 1. The van der Waals surface area contributed by atoms with Crippen molar-refractivity contribution in [1.29, 1.82) is 0 Å². The molecule has 106 valence electrons. The Bertz CT molecular complexity index is 421. The van der Waals surface area contributed by atoms with E-state index in [4.69, 9.17) is 0 Å². The maximum Gasteiger partial charge on any atom is 0.251 e. The number of halogens is 2. The van der Waals surface area contributed by atoms with Gasteiger partial charge in [-0.15, -0.1) is 24.8 Å². The van der Waals surface area contributed by atoms with Crippen molar-refractivity contribution in [3.8, 4) is 0 Å². The molecular formula is C13H19Cl2N3O. The molecule has 2 N–H and O–H groups in total. The molecule has 2 fully saturated rings. The van der Waals surface area contributed by atoms with Crippen LogP contribution in [0.4, 0.5) is 0 Å². The van der Waals surface area contributed by atoms with Gasteiger partial charge in [-0.05, 0) is 49.9 Å². The summed E-state index contributed by atoms with van der Waals surface area (Å²) in [6, 6.07) is 3.89. The zero-order chi connectivity index (χ0) is 11.7. The Kier molecular flexibility index (Phi) is 5.59. The predicted octanol–water partition coefficient (Wildman–Crippen LogP) is 1.80. The number of nitrogens with zero attached hydrogens (tertiary/aromatic N) is 1.